The Morgan fingerprint density at radius 3 is 2.31 bits per heavy atom. The number of piperidine rings is 1. The molecule has 5 nitrogen and oxygen atoms in total. The van der Waals surface area contributed by atoms with Crippen molar-refractivity contribution in [1.29, 1.82) is 0 Å². The van der Waals surface area contributed by atoms with Crippen LogP contribution in [0.2, 0.25) is 0 Å². The Balaban J connectivity index is 0.00000106. The summed E-state index contributed by atoms with van der Waals surface area (Å²) in [5.41, 5.74) is 2.75. The lowest BCUT2D eigenvalue weighted by atomic mass is 10.1. The molecule has 1 saturated heterocycles. The monoisotopic (exact) mass is 563 g/mol. The predicted octanol–water partition coefficient (Wildman–Crippen LogP) is 7.91. The summed E-state index contributed by atoms with van der Waals surface area (Å²) < 4.78 is 19.7. The van der Waals surface area contributed by atoms with Gasteiger partial charge in [-0.05, 0) is 66.4 Å². The van der Waals surface area contributed by atoms with E-state index in [1.807, 2.05) is 39.8 Å². The molecule has 3 rings (SSSR count). The SMILES string of the molecule is C=C/C=C/C.C=C1CN(C)C(CN2CCC(OC(=O)Nc3cccc(F)c3)CC2)=C1Br.C=CC.CC. The number of anilines is 1. The summed E-state index contributed by atoms with van der Waals surface area (Å²) in [5, 5.41) is 2.57. The highest BCUT2D eigenvalue weighted by molar-refractivity contribution is 9.12. The van der Waals surface area contributed by atoms with Crippen LogP contribution >= 0.6 is 15.9 Å². The molecule has 2 heterocycles. The topological polar surface area (TPSA) is 44.8 Å². The molecule has 2 aliphatic heterocycles. The lowest BCUT2D eigenvalue weighted by Gasteiger charge is -2.33. The van der Waals surface area contributed by atoms with Crippen molar-refractivity contribution in [2.75, 3.05) is 38.5 Å². The Morgan fingerprint density at radius 2 is 1.86 bits per heavy atom. The molecule has 1 amide bonds. The minimum atomic E-state index is -0.536. The van der Waals surface area contributed by atoms with Crippen molar-refractivity contribution < 1.29 is 13.9 Å². The van der Waals surface area contributed by atoms with Crippen LogP contribution in [0.5, 0.6) is 0 Å². The van der Waals surface area contributed by atoms with E-state index < -0.39 is 11.9 Å². The first-order valence-electron chi connectivity index (χ1n) is 12.3. The zero-order chi connectivity index (χ0) is 27.5. The number of benzene rings is 1. The van der Waals surface area contributed by atoms with Gasteiger partial charge in [0, 0.05) is 49.1 Å². The number of carbonyl (C=O) groups excluding carboxylic acids is 1. The van der Waals surface area contributed by atoms with Gasteiger partial charge in [0.15, 0.2) is 0 Å². The van der Waals surface area contributed by atoms with Crippen molar-refractivity contribution in [3.63, 3.8) is 0 Å². The first-order chi connectivity index (χ1) is 17.2. The molecule has 0 atom stereocenters. The van der Waals surface area contributed by atoms with Crippen molar-refractivity contribution >= 4 is 27.7 Å². The molecule has 7 heteroatoms. The van der Waals surface area contributed by atoms with Gasteiger partial charge in [-0.1, -0.05) is 57.4 Å². The first kappa shape index (κ1) is 33.4. The maximum Gasteiger partial charge on any atom is 0.411 e. The van der Waals surface area contributed by atoms with Crippen molar-refractivity contribution in [2.45, 2.75) is 46.6 Å². The molecule has 0 radical (unpaired) electrons. The van der Waals surface area contributed by atoms with E-state index in [1.165, 1.54) is 17.8 Å². The number of likely N-dealkylation sites (N-methyl/N-ethyl adjacent to an activating group) is 1. The van der Waals surface area contributed by atoms with Crippen LogP contribution in [-0.2, 0) is 4.74 Å². The van der Waals surface area contributed by atoms with Gasteiger partial charge in [0.1, 0.15) is 11.9 Å². The number of allylic oxidation sites excluding steroid dienone is 4. The third kappa shape index (κ3) is 12.9. The van der Waals surface area contributed by atoms with Crippen LogP contribution in [-0.4, -0.2) is 55.2 Å². The molecule has 2 aliphatic rings. The number of hydrogen-bond acceptors (Lipinski definition) is 4. The Morgan fingerprint density at radius 1 is 1.25 bits per heavy atom. The van der Waals surface area contributed by atoms with E-state index in [0.717, 1.165) is 49.1 Å². The number of halogens is 2. The molecular formula is C29H43BrFN3O2. The van der Waals surface area contributed by atoms with Gasteiger partial charge >= 0.3 is 6.09 Å². The van der Waals surface area contributed by atoms with E-state index >= 15 is 0 Å². The lowest BCUT2D eigenvalue weighted by Crippen LogP contribution is -2.40. The molecule has 200 valence electrons. The largest absolute Gasteiger partial charge is 0.446 e. The minimum Gasteiger partial charge on any atom is -0.446 e. The van der Waals surface area contributed by atoms with Crippen molar-refractivity contribution in [3.8, 4) is 0 Å². The quantitative estimate of drug-likeness (QED) is 0.292. The van der Waals surface area contributed by atoms with Gasteiger partial charge in [0.2, 0.25) is 0 Å². The zero-order valence-electron chi connectivity index (χ0n) is 22.5. The molecule has 1 aromatic carbocycles. The summed E-state index contributed by atoms with van der Waals surface area (Å²) in [6.07, 6.45) is 8.24. The standard InChI is InChI=1S/C19H23BrFN3O2.C5H8.C3H6.C2H6/c1-13-11-23(2)17(18(13)20)12-24-8-6-16(7-9-24)26-19(25)22-15-5-3-4-14(21)10-15;1-3-5-4-2;1-3-2;1-2/h3-5,10,16H,1,6-9,11-12H2,2H3,(H,22,25);3-5H,1H2,2H3;3H,1H2,2H3;1-2H3/b;5-4+;;. The molecule has 0 unspecified atom stereocenters. The second-order valence-electron chi connectivity index (χ2n) is 7.91. The van der Waals surface area contributed by atoms with Gasteiger partial charge in [0.25, 0.3) is 0 Å². The van der Waals surface area contributed by atoms with Gasteiger partial charge < -0.3 is 9.64 Å². The summed E-state index contributed by atoms with van der Waals surface area (Å²) in [4.78, 5) is 16.5. The number of rotatable bonds is 5. The highest BCUT2D eigenvalue weighted by Crippen LogP contribution is 2.31. The second-order valence-corrected chi connectivity index (χ2v) is 8.70. The number of ether oxygens (including phenoxy) is 1. The third-order valence-electron chi connectivity index (χ3n) is 5.03. The molecule has 36 heavy (non-hydrogen) atoms. The summed E-state index contributed by atoms with van der Waals surface area (Å²) in [7, 11) is 2.07. The van der Waals surface area contributed by atoms with Crippen molar-refractivity contribution in [3.05, 3.63) is 89.9 Å². The lowest BCUT2D eigenvalue weighted by molar-refractivity contribution is 0.0602. The molecule has 0 bridgehead atoms. The van der Waals surface area contributed by atoms with E-state index in [4.69, 9.17) is 4.74 Å². The highest BCUT2D eigenvalue weighted by atomic mass is 79.9. The van der Waals surface area contributed by atoms with Gasteiger partial charge in [-0.2, -0.15) is 0 Å². The fourth-order valence-corrected chi connectivity index (χ4v) is 3.96. The zero-order valence-corrected chi connectivity index (χ0v) is 24.1. The number of amides is 1. The van der Waals surface area contributed by atoms with Crippen LogP contribution in [0, 0.1) is 5.82 Å². The van der Waals surface area contributed by atoms with Crippen molar-refractivity contribution in [1.82, 2.24) is 9.80 Å². The first-order valence-corrected chi connectivity index (χ1v) is 13.1. The van der Waals surface area contributed by atoms with Gasteiger partial charge in [0.05, 0.1) is 0 Å². The van der Waals surface area contributed by atoms with Crippen molar-refractivity contribution in [2.24, 2.45) is 0 Å². The predicted molar refractivity (Wildman–Crippen MR) is 156 cm³/mol. The van der Waals surface area contributed by atoms with Crippen LogP contribution in [0.25, 0.3) is 0 Å². The summed E-state index contributed by atoms with van der Waals surface area (Å²) in [5.74, 6) is -0.392. The summed E-state index contributed by atoms with van der Waals surface area (Å²) >= 11 is 3.63. The smallest absolute Gasteiger partial charge is 0.411 e. The number of hydrogen-bond donors (Lipinski definition) is 1. The summed E-state index contributed by atoms with van der Waals surface area (Å²) in [6, 6.07) is 5.77. The minimum absolute atomic E-state index is 0.117. The average Bonchev–Trinajstić information content (AvgIpc) is 3.09. The molecule has 1 N–H and O–H groups in total. The Kier molecular flexibility index (Phi) is 18.1. The Labute approximate surface area is 226 Å². The normalized spacial score (nSPS) is 15.6. The maximum atomic E-state index is 13.2. The van der Waals surface area contributed by atoms with E-state index in [-0.39, 0.29) is 6.10 Å². The van der Waals surface area contributed by atoms with Crippen LogP contribution in [0.1, 0.15) is 40.5 Å². The third-order valence-corrected chi connectivity index (χ3v) is 6.05. The number of nitrogens with one attached hydrogen (secondary N) is 1. The summed E-state index contributed by atoms with van der Waals surface area (Å²) in [6.45, 7) is 22.2. The van der Waals surface area contributed by atoms with Gasteiger partial charge in [-0.15, -0.1) is 6.58 Å². The fraction of sp³-hybridized carbons (Fsp3) is 0.414. The number of carbonyl (C=O) groups is 1. The molecular weight excluding hydrogens is 521 g/mol. The van der Waals surface area contributed by atoms with E-state index in [2.05, 4.69) is 57.8 Å². The van der Waals surface area contributed by atoms with E-state index in [1.54, 1.807) is 24.3 Å². The number of nitrogens with zero attached hydrogens (tertiary/aromatic N) is 2. The fourth-order valence-electron chi connectivity index (χ4n) is 3.41. The molecule has 0 aliphatic carbocycles. The van der Waals surface area contributed by atoms with E-state index in [9.17, 15) is 9.18 Å². The van der Waals surface area contributed by atoms with Crippen LogP contribution in [0.4, 0.5) is 14.9 Å². The van der Waals surface area contributed by atoms with Gasteiger partial charge in [-0.3, -0.25) is 10.2 Å². The van der Waals surface area contributed by atoms with Crippen LogP contribution in [0.15, 0.2) is 84.1 Å². The van der Waals surface area contributed by atoms with E-state index in [0.29, 0.717) is 5.69 Å². The van der Waals surface area contributed by atoms with Gasteiger partial charge in [-0.25, -0.2) is 9.18 Å². The van der Waals surface area contributed by atoms with Crippen LogP contribution < -0.4 is 5.32 Å². The molecule has 1 aromatic rings. The number of likely N-dealkylation sites (tertiary alicyclic amines) is 1. The highest BCUT2D eigenvalue weighted by Gasteiger charge is 2.27. The van der Waals surface area contributed by atoms with Crippen LogP contribution in [0.3, 0.4) is 0 Å². The molecule has 1 fully saturated rings. The average molecular weight is 565 g/mol. The Hall–Kier alpha value is -2.64. The molecule has 0 aromatic heterocycles. The Bertz CT molecular complexity index is 890. The molecule has 0 spiro atoms. The second kappa shape index (κ2) is 19.5. The maximum absolute atomic E-state index is 13.2. The molecule has 0 saturated carbocycles.